The van der Waals surface area contributed by atoms with Crippen LogP contribution in [0.25, 0.3) is 0 Å². The van der Waals surface area contributed by atoms with Crippen LogP contribution in [0.4, 0.5) is 11.4 Å². The number of hydrogen-bond donors (Lipinski definition) is 2. The molecule has 0 saturated carbocycles. The molecule has 2 N–H and O–H groups in total. The predicted molar refractivity (Wildman–Crippen MR) is 134 cm³/mol. The highest BCUT2D eigenvalue weighted by atomic mass is 16.5. The predicted octanol–water partition coefficient (Wildman–Crippen LogP) is 7.05. The van der Waals surface area contributed by atoms with Crippen molar-refractivity contribution < 1.29 is 14.3 Å². The van der Waals surface area contributed by atoms with Gasteiger partial charge in [-0.2, -0.15) is 0 Å². The van der Waals surface area contributed by atoms with Crippen molar-refractivity contribution in [2.24, 2.45) is 0 Å². The average molecular weight is 441 g/mol. The third kappa shape index (κ3) is 11.1. The van der Waals surface area contributed by atoms with Gasteiger partial charge in [-0.15, -0.1) is 0 Å². The van der Waals surface area contributed by atoms with Crippen molar-refractivity contribution in [1.29, 1.82) is 0 Å². The lowest BCUT2D eigenvalue weighted by Crippen LogP contribution is -2.21. The number of hydrogen-bond acceptors (Lipinski definition) is 4. The SMILES string of the molecule is CCCCCCCOc1ccc(NC(=O)CNc2ccc(OCCCCCC)cc2)cc1. The van der Waals surface area contributed by atoms with Gasteiger partial charge in [0.05, 0.1) is 19.8 Å². The molecular formula is C27H40N2O3. The van der Waals surface area contributed by atoms with Crippen molar-refractivity contribution in [1.82, 2.24) is 0 Å². The second-order valence-electron chi connectivity index (χ2n) is 8.12. The molecule has 0 heterocycles. The first-order chi connectivity index (χ1) is 15.7. The van der Waals surface area contributed by atoms with Crippen molar-refractivity contribution in [3.8, 4) is 11.5 Å². The molecule has 5 heteroatoms. The molecule has 176 valence electrons. The molecule has 0 atom stereocenters. The molecule has 0 spiro atoms. The first-order valence-corrected chi connectivity index (χ1v) is 12.2. The minimum atomic E-state index is -0.0918. The number of unbranched alkanes of at least 4 members (excludes halogenated alkanes) is 7. The summed E-state index contributed by atoms with van der Waals surface area (Å²) in [5.41, 5.74) is 1.65. The van der Waals surface area contributed by atoms with E-state index in [0.29, 0.717) is 0 Å². The Labute approximate surface area is 193 Å². The van der Waals surface area contributed by atoms with E-state index in [0.717, 1.165) is 48.9 Å². The molecule has 2 aromatic rings. The zero-order chi connectivity index (χ0) is 22.9. The van der Waals surface area contributed by atoms with Crippen molar-refractivity contribution in [3.05, 3.63) is 48.5 Å². The van der Waals surface area contributed by atoms with Gasteiger partial charge in [-0.1, -0.05) is 58.8 Å². The van der Waals surface area contributed by atoms with Gasteiger partial charge in [0.2, 0.25) is 5.91 Å². The lowest BCUT2D eigenvalue weighted by atomic mass is 10.2. The van der Waals surface area contributed by atoms with Crippen LogP contribution in [0.3, 0.4) is 0 Å². The van der Waals surface area contributed by atoms with Crippen molar-refractivity contribution >= 4 is 17.3 Å². The molecule has 0 aliphatic heterocycles. The largest absolute Gasteiger partial charge is 0.494 e. The van der Waals surface area contributed by atoms with Crippen LogP contribution in [-0.4, -0.2) is 25.7 Å². The van der Waals surface area contributed by atoms with Crippen molar-refractivity contribution in [2.75, 3.05) is 30.4 Å². The van der Waals surface area contributed by atoms with Gasteiger partial charge in [0, 0.05) is 11.4 Å². The van der Waals surface area contributed by atoms with Crippen LogP contribution >= 0.6 is 0 Å². The van der Waals surface area contributed by atoms with Gasteiger partial charge in [0.25, 0.3) is 0 Å². The maximum absolute atomic E-state index is 12.2. The maximum Gasteiger partial charge on any atom is 0.243 e. The van der Waals surface area contributed by atoms with E-state index in [1.807, 2.05) is 48.5 Å². The number of rotatable bonds is 17. The van der Waals surface area contributed by atoms with Crippen LogP contribution < -0.4 is 20.1 Å². The van der Waals surface area contributed by atoms with Gasteiger partial charge in [-0.25, -0.2) is 0 Å². The molecule has 0 aromatic heterocycles. The lowest BCUT2D eigenvalue weighted by Gasteiger charge is -2.10. The highest BCUT2D eigenvalue weighted by molar-refractivity contribution is 5.93. The van der Waals surface area contributed by atoms with Gasteiger partial charge in [0.15, 0.2) is 0 Å². The Morgan fingerprint density at radius 1 is 0.656 bits per heavy atom. The van der Waals surface area contributed by atoms with E-state index in [9.17, 15) is 4.79 Å². The summed E-state index contributed by atoms with van der Waals surface area (Å²) in [5.74, 6) is 1.61. The maximum atomic E-state index is 12.2. The smallest absolute Gasteiger partial charge is 0.243 e. The first-order valence-electron chi connectivity index (χ1n) is 12.2. The van der Waals surface area contributed by atoms with Crippen LogP contribution in [-0.2, 0) is 4.79 Å². The van der Waals surface area contributed by atoms with Crippen molar-refractivity contribution in [3.63, 3.8) is 0 Å². The molecule has 0 saturated heterocycles. The van der Waals surface area contributed by atoms with E-state index < -0.39 is 0 Å². The fourth-order valence-electron chi connectivity index (χ4n) is 3.31. The van der Waals surface area contributed by atoms with E-state index in [4.69, 9.17) is 9.47 Å². The van der Waals surface area contributed by atoms with Crippen LogP contribution in [0.2, 0.25) is 0 Å². The van der Waals surface area contributed by atoms with Crippen molar-refractivity contribution in [2.45, 2.75) is 71.6 Å². The monoisotopic (exact) mass is 440 g/mol. The van der Waals surface area contributed by atoms with Gasteiger partial charge >= 0.3 is 0 Å². The molecule has 5 nitrogen and oxygen atoms in total. The second-order valence-corrected chi connectivity index (χ2v) is 8.12. The molecule has 0 bridgehead atoms. The zero-order valence-corrected chi connectivity index (χ0v) is 19.8. The van der Waals surface area contributed by atoms with E-state index in [2.05, 4.69) is 24.5 Å². The molecule has 2 aromatic carbocycles. The Bertz CT molecular complexity index is 745. The number of anilines is 2. The fourth-order valence-corrected chi connectivity index (χ4v) is 3.31. The highest BCUT2D eigenvalue weighted by Crippen LogP contribution is 2.18. The molecule has 0 aliphatic carbocycles. The lowest BCUT2D eigenvalue weighted by molar-refractivity contribution is -0.114. The first kappa shape index (κ1) is 25.6. The molecule has 0 aliphatic rings. The minimum Gasteiger partial charge on any atom is -0.494 e. The summed E-state index contributed by atoms with van der Waals surface area (Å²) in [5, 5.41) is 6.05. The Kier molecular flexibility index (Phi) is 12.8. The van der Waals surface area contributed by atoms with E-state index in [1.54, 1.807) is 0 Å². The standard InChI is InChI=1S/C27H40N2O3/c1-3-5-7-9-11-21-32-26-18-14-24(15-19-26)29-27(30)22-28-23-12-16-25(17-13-23)31-20-10-8-6-4-2/h12-19,28H,3-11,20-22H2,1-2H3,(H,29,30). The molecular weight excluding hydrogens is 400 g/mol. The summed E-state index contributed by atoms with van der Waals surface area (Å²) in [6.45, 7) is 6.11. The topological polar surface area (TPSA) is 59.6 Å². The highest BCUT2D eigenvalue weighted by Gasteiger charge is 2.04. The Hall–Kier alpha value is -2.69. The Balaban J connectivity index is 1.63. The number of amides is 1. The van der Waals surface area contributed by atoms with Crippen LogP contribution in [0.5, 0.6) is 11.5 Å². The Morgan fingerprint density at radius 2 is 1.12 bits per heavy atom. The number of benzene rings is 2. The molecule has 1 amide bonds. The van der Waals surface area contributed by atoms with Gasteiger partial charge in [0.1, 0.15) is 11.5 Å². The summed E-state index contributed by atoms with van der Waals surface area (Å²) in [6, 6.07) is 15.3. The quantitative estimate of drug-likeness (QED) is 0.259. The fraction of sp³-hybridized carbons (Fsp3) is 0.519. The number of carbonyl (C=O) groups is 1. The molecule has 0 radical (unpaired) electrons. The van der Waals surface area contributed by atoms with E-state index >= 15 is 0 Å². The number of carbonyl (C=O) groups excluding carboxylic acids is 1. The number of ether oxygens (including phenoxy) is 2. The molecule has 32 heavy (non-hydrogen) atoms. The minimum absolute atomic E-state index is 0.0918. The van der Waals surface area contributed by atoms with Gasteiger partial charge < -0.3 is 20.1 Å². The van der Waals surface area contributed by atoms with Crippen LogP contribution in [0.1, 0.15) is 71.6 Å². The number of nitrogens with one attached hydrogen (secondary N) is 2. The van der Waals surface area contributed by atoms with Crippen LogP contribution in [0, 0.1) is 0 Å². The molecule has 0 unspecified atom stereocenters. The summed E-state index contributed by atoms with van der Waals surface area (Å²) < 4.78 is 11.5. The summed E-state index contributed by atoms with van der Waals surface area (Å²) in [4.78, 5) is 12.2. The third-order valence-electron chi connectivity index (χ3n) is 5.23. The Morgan fingerprint density at radius 3 is 1.66 bits per heavy atom. The summed E-state index contributed by atoms with van der Waals surface area (Å²) in [7, 11) is 0. The average Bonchev–Trinajstić information content (AvgIpc) is 2.82. The second kappa shape index (κ2) is 16.0. The normalized spacial score (nSPS) is 10.6. The summed E-state index contributed by atoms with van der Waals surface area (Å²) >= 11 is 0. The molecule has 0 fully saturated rings. The van der Waals surface area contributed by atoms with Gasteiger partial charge in [-0.3, -0.25) is 4.79 Å². The van der Waals surface area contributed by atoms with E-state index in [-0.39, 0.29) is 12.5 Å². The van der Waals surface area contributed by atoms with Crippen LogP contribution in [0.15, 0.2) is 48.5 Å². The molecule has 2 rings (SSSR count). The summed E-state index contributed by atoms with van der Waals surface area (Å²) in [6.07, 6.45) is 10.9. The van der Waals surface area contributed by atoms with E-state index in [1.165, 1.54) is 44.9 Å². The van der Waals surface area contributed by atoms with Gasteiger partial charge in [-0.05, 0) is 61.4 Å². The third-order valence-corrected chi connectivity index (χ3v) is 5.23. The zero-order valence-electron chi connectivity index (χ0n) is 19.8.